The minimum atomic E-state index is -2.92. The van der Waals surface area contributed by atoms with Gasteiger partial charge in [0.1, 0.15) is 9.84 Å². The molecule has 0 saturated carbocycles. The van der Waals surface area contributed by atoms with E-state index in [0.29, 0.717) is 17.5 Å². The van der Waals surface area contributed by atoms with Gasteiger partial charge in [-0.1, -0.05) is 6.07 Å². The molecule has 2 heterocycles. The van der Waals surface area contributed by atoms with Gasteiger partial charge in [-0.05, 0) is 18.4 Å². The number of aromatic nitrogens is 2. The Morgan fingerprint density at radius 3 is 2.89 bits per heavy atom. The molecule has 8 heteroatoms. The van der Waals surface area contributed by atoms with Crippen LogP contribution in [0.5, 0.6) is 0 Å². The van der Waals surface area contributed by atoms with Gasteiger partial charge in [-0.3, -0.25) is 0 Å². The van der Waals surface area contributed by atoms with Crippen molar-refractivity contribution in [3.63, 3.8) is 0 Å². The minimum absolute atomic E-state index is 0.0111. The Hall–Kier alpha value is -0.860. The predicted octanol–water partition coefficient (Wildman–Crippen LogP) is 2.64. The summed E-state index contributed by atoms with van der Waals surface area (Å²) in [5.74, 6) is 1.73. The molecule has 0 radical (unpaired) electrons. The molecule has 0 amide bonds. The topological polar surface area (TPSA) is 73.1 Å². The smallest absolute Gasteiger partial charge is 0.257 e. The lowest BCUT2D eigenvalue weighted by Gasteiger charge is -2.05. The highest BCUT2D eigenvalue weighted by molar-refractivity contribution is 8.00. The fourth-order valence-electron chi connectivity index (χ4n) is 1.35. The van der Waals surface area contributed by atoms with Gasteiger partial charge in [0.25, 0.3) is 5.89 Å². The van der Waals surface area contributed by atoms with Crippen LogP contribution in [0.1, 0.15) is 18.1 Å². The maximum Gasteiger partial charge on any atom is 0.257 e. The third kappa shape index (κ3) is 4.32. The molecule has 0 aliphatic rings. The first kappa shape index (κ1) is 14.5. The van der Waals surface area contributed by atoms with Gasteiger partial charge < -0.3 is 4.42 Å². The summed E-state index contributed by atoms with van der Waals surface area (Å²) in [6, 6.07) is 3.84. The van der Waals surface area contributed by atoms with Gasteiger partial charge in [-0.2, -0.15) is 0 Å². The normalized spacial score (nSPS) is 13.6. The molecule has 104 valence electrons. The largest absolute Gasteiger partial charge is 0.419 e. The summed E-state index contributed by atoms with van der Waals surface area (Å²) < 4.78 is 27.7. The van der Waals surface area contributed by atoms with Crippen LogP contribution in [0.2, 0.25) is 0 Å². The monoisotopic (exact) mass is 318 g/mol. The summed E-state index contributed by atoms with van der Waals surface area (Å²) in [5, 5.41) is 9.94. The van der Waals surface area contributed by atoms with Crippen LogP contribution >= 0.6 is 23.1 Å². The lowest BCUT2D eigenvalue weighted by atomic mass is 10.5. The number of nitrogens with zero attached hydrogens (tertiary/aromatic N) is 2. The van der Waals surface area contributed by atoms with Crippen LogP contribution in [0.25, 0.3) is 10.8 Å². The molecular formula is C11H14N2O3S3. The second-order valence-corrected chi connectivity index (χ2v) is 8.72. The van der Waals surface area contributed by atoms with E-state index in [1.54, 1.807) is 0 Å². The van der Waals surface area contributed by atoms with E-state index in [1.165, 1.54) is 29.4 Å². The summed E-state index contributed by atoms with van der Waals surface area (Å²) >= 11 is 3.03. The van der Waals surface area contributed by atoms with Crippen molar-refractivity contribution in [2.75, 3.05) is 17.8 Å². The molecule has 0 aromatic carbocycles. The molecule has 2 aromatic heterocycles. The van der Waals surface area contributed by atoms with E-state index < -0.39 is 9.84 Å². The molecule has 0 fully saturated rings. The molecule has 0 saturated heterocycles. The highest BCUT2D eigenvalue weighted by Crippen LogP contribution is 2.30. The van der Waals surface area contributed by atoms with Crippen LogP contribution < -0.4 is 0 Å². The lowest BCUT2D eigenvalue weighted by Crippen LogP contribution is -2.06. The number of sulfone groups is 1. The first-order valence-electron chi connectivity index (χ1n) is 5.62. The van der Waals surface area contributed by atoms with Crippen molar-refractivity contribution in [2.45, 2.75) is 12.2 Å². The van der Waals surface area contributed by atoms with Crippen molar-refractivity contribution >= 4 is 32.9 Å². The van der Waals surface area contributed by atoms with E-state index in [2.05, 4.69) is 10.2 Å². The van der Waals surface area contributed by atoms with E-state index in [-0.39, 0.29) is 11.0 Å². The molecule has 1 atom stereocenters. The molecule has 19 heavy (non-hydrogen) atoms. The number of thiophene rings is 1. The van der Waals surface area contributed by atoms with Crippen molar-refractivity contribution < 1.29 is 12.8 Å². The lowest BCUT2D eigenvalue weighted by molar-refractivity contribution is 0.510. The van der Waals surface area contributed by atoms with E-state index in [4.69, 9.17) is 4.42 Å². The van der Waals surface area contributed by atoms with Crippen LogP contribution in [0.15, 0.2) is 21.9 Å². The standard InChI is InChI=1S/C11H14N2O3S3/c1-8(17-6-7-19(2,14)15)10-12-13-11(16-10)9-4-3-5-18-9/h3-5,8H,6-7H2,1-2H3/t8-/m1/s1. The van der Waals surface area contributed by atoms with Crippen LogP contribution in [0, 0.1) is 0 Å². The summed E-state index contributed by atoms with van der Waals surface area (Å²) in [6.45, 7) is 1.93. The molecule has 5 nitrogen and oxygen atoms in total. The quantitative estimate of drug-likeness (QED) is 0.815. The van der Waals surface area contributed by atoms with Gasteiger partial charge in [0, 0.05) is 12.0 Å². The number of hydrogen-bond donors (Lipinski definition) is 0. The summed E-state index contributed by atoms with van der Waals surface area (Å²) in [4.78, 5) is 0.937. The van der Waals surface area contributed by atoms with Crippen molar-refractivity contribution in [1.82, 2.24) is 10.2 Å². The van der Waals surface area contributed by atoms with Crippen LogP contribution in [-0.2, 0) is 9.84 Å². The maximum atomic E-state index is 11.0. The van der Waals surface area contributed by atoms with E-state index in [1.807, 2.05) is 24.4 Å². The number of thioether (sulfide) groups is 1. The van der Waals surface area contributed by atoms with E-state index in [0.717, 1.165) is 4.88 Å². The second-order valence-electron chi connectivity index (χ2n) is 4.07. The van der Waals surface area contributed by atoms with Crippen LogP contribution in [0.3, 0.4) is 0 Å². The zero-order valence-electron chi connectivity index (χ0n) is 10.6. The summed E-state index contributed by atoms with van der Waals surface area (Å²) in [6.07, 6.45) is 1.24. The van der Waals surface area contributed by atoms with Gasteiger partial charge in [0.2, 0.25) is 5.89 Å². The van der Waals surface area contributed by atoms with Crippen molar-refractivity contribution in [2.24, 2.45) is 0 Å². The molecule has 0 N–H and O–H groups in total. The third-order valence-corrected chi connectivity index (χ3v) is 5.55. The van der Waals surface area contributed by atoms with Gasteiger partial charge in [0.05, 0.1) is 15.9 Å². The van der Waals surface area contributed by atoms with E-state index >= 15 is 0 Å². The fourth-order valence-corrected chi connectivity index (χ4v) is 4.18. The molecule has 2 rings (SSSR count). The Bertz CT molecular complexity index is 619. The zero-order chi connectivity index (χ0) is 13.9. The first-order valence-corrected chi connectivity index (χ1v) is 9.61. The number of hydrogen-bond acceptors (Lipinski definition) is 7. The minimum Gasteiger partial charge on any atom is -0.419 e. The average Bonchev–Trinajstić information content (AvgIpc) is 2.98. The molecule has 0 spiro atoms. The molecular weight excluding hydrogens is 304 g/mol. The Balaban J connectivity index is 1.95. The van der Waals surface area contributed by atoms with Crippen molar-refractivity contribution in [3.8, 4) is 10.8 Å². The van der Waals surface area contributed by atoms with Crippen LogP contribution in [0.4, 0.5) is 0 Å². The molecule has 0 aliphatic carbocycles. The van der Waals surface area contributed by atoms with Gasteiger partial charge in [0.15, 0.2) is 0 Å². The second kappa shape index (κ2) is 6.06. The molecule has 2 aromatic rings. The third-order valence-electron chi connectivity index (χ3n) is 2.34. The highest BCUT2D eigenvalue weighted by Gasteiger charge is 2.16. The number of rotatable bonds is 6. The fraction of sp³-hybridized carbons (Fsp3) is 0.455. The Labute approximate surface area is 120 Å². The molecule has 0 bridgehead atoms. The Morgan fingerprint density at radius 2 is 2.26 bits per heavy atom. The van der Waals surface area contributed by atoms with Gasteiger partial charge in [-0.25, -0.2) is 8.42 Å². The SMILES string of the molecule is C[C@@H](SCCS(C)(=O)=O)c1nnc(-c2cccs2)o1. The summed E-state index contributed by atoms with van der Waals surface area (Å²) in [7, 11) is -2.92. The zero-order valence-corrected chi connectivity index (χ0v) is 13.0. The van der Waals surface area contributed by atoms with Crippen molar-refractivity contribution in [1.29, 1.82) is 0 Å². The Morgan fingerprint density at radius 1 is 1.47 bits per heavy atom. The molecule has 0 unspecified atom stereocenters. The average molecular weight is 318 g/mol. The van der Waals surface area contributed by atoms with Crippen LogP contribution in [-0.4, -0.2) is 36.4 Å². The first-order chi connectivity index (χ1) is 8.96. The van der Waals surface area contributed by atoms with Gasteiger partial charge >= 0.3 is 0 Å². The molecule has 0 aliphatic heterocycles. The Kier molecular flexibility index (Phi) is 4.64. The summed E-state index contributed by atoms with van der Waals surface area (Å²) in [5.41, 5.74) is 0. The van der Waals surface area contributed by atoms with Crippen molar-refractivity contribution in [3.05, 3.63) is 23.4 Å². The van der Waals surface area contributed by atoms with Gasteiger partial charge in [-0.15, -0.1) is 33.3 Å². The maximum absolute atomic E-state index is 11.0. The highest BCUT2D eigenvalue weighted by atomic mass is 32.2. The predicted molar refractivity (Wildman–Crippen MR) is 78.2 cm³/mol. The van der Waals surface area contributed by atoms with E-state index in [9.17, 15) is 8.42 Å².